The second-order valence-corrected chi connectivity index (χ2v) is 9.51. The van der Waals surface area contributed by atoms with Crippen LogP contribution in [-0.2, 0) is 25.0 Å². The third-order valence-corrected chi connectivity index (χ3v) is 5.92. The number of nitrogens with one attached hydrogen (secondary N) is 1. The normalized spacial score (nSPS) is 12.9. The van der Waals surface area contributed by atoms with E-state index in [0.29, 0.717) is 11.3 Å². The molecule has 0 aliphatic heterocycles. The lowest BCUT2D eigenvalue weighted by molar-refractivity contribution is -0.125. The topological polar surface area (TPSA) is 116 Å². The number of amides is 1. The second-order valence-electron chi connectivity index (χ2n) is 7.86. The number of hydrogen-bond acceptors (Lipinski definition) is 5. The largest absolute Gasteiger partial charge is 0.449 e. The first-order chi connectivity index (χ1) is 13.3. The minimum atomic E-state index is -3.82. The van der Waals surface area contributed by atoms with Crippen molar-refractivity contribution in [3.63, 3.8) is 0 Å². The molecule has 0 aliphatic rings. The fourth-order valence-corrected chi connectivity index (χ4v) is 3.86. The fraction of sp³-hybridized carbons (Fsp3) is 0.333. The standard InChI is InChI=1S/C21H26N2O5S/c1-13-6-9-16(21(3,4)5)12-18(13)29(26,27)23-17-10-7-15(8-11-17)20(25)28-14(2)19(22)24/h6-12,14,23H,1-5H3,(H2,22,24). The number of nitrogens with two attached hydrogens (primary N) is 1. The molecule has 0 fully saturated rings. The monoisotopic (exact) mass is 418 g/mol. The summed E-state index contributed by atoms with van der Waals surface area (Å²) in [6.45, 7) is 9.14. The highest BCUT2D eigenvalue weighted by Crippen LogP contribution is 2.27. The van der Waals surface area contributed by atoms with Crippen LogP contribution < -0.4 is 10.5 Å². The number of rotatable bonds is 6. The molecule has 0 saturated carbocycles. The lowest BCUT2D eigenvalue weighted by atomic mass is 9.87. The lowest BCUT2D eigenvalue weighted by Gasteiger charge is -2.21. The van der Waals surface area contributed by atoms with Gasteiger partial charge in [-0.25, -0.2) is 13.2 Å². The molecule has 0 saturated heterocycles. The van der Waals surface area contributed by atoms with E-state index in [-0.39, 0.29) is 15.9 Å². The lowest BCUT2D eigenvalue weighted by Crippen LogP contribution is -2.30. The molecule has 3 N–H and O–H groups in total. The summed E-state index contributed by atoms with van der Waals surface area (Å²) in [7, 11) is -3.82. The first kappa shape index (κ1) is 22.4. The molecule has 2 aromatic rings. The average molecular weight is 419 g/mol. The van der Waals surface area contributed by atoms with Gasteiger partial charge in [-0.15, -0.1) is 0 Å². The van der Waals surface area contributed by atoms with Crippen LogP contribution >= 0.6 is 0 Å². The van der Waals surface area contributed by atoms with Crippen molar-refractivity contribution in [3.8, 4) is 0 Å². The number of hydrogen-bond donors (Lipinski definition) is 2. The molecule has 0 radical (unpaired) electrons. The highest BCUT2D eigenvalue weighted by Gasteiger charge is 2.22. The van der Waals surface area contributed by atoms with Gasteiger partial charge in [0.15, 0.2) is 6.10 Å². The van der Waals surface area contributed by atoms with Crippen molar-refractivity contribution in [2.75, 3.05) is 4.72 Å². The molecule has 1 atom stereocenters. The van der Waals surface area contributed by atoms with Crippen molar-refractivity contribution in [1.82, 2.24) is 0 Å². The summed E-state index contributed by atoms with van der Waals surface area (Å²) in [4.78, 5) is 23.2. The Balaban J connectivity index is 2.23. The van der Waals surface area contributed by atoms with Crippen LogP contribution in [0.2, 0.25) is 0 Å². The van der Waals surface area contributed by atoms with Crippen molar-refractivity contribution in [3.05, 3.63) is 59.2 Å². The SMILES string of the molecule is Cc1ccc(C(C)(C)C)cc1S(=O)(=O)Nc1ccc(C(=O)OC(C)C(N)=O)cc1. The van der Waals surface area contributed by atoms with Gasteiger partial charge < -0.3 is 10.5 Å². The highest BCUT2D eigenvalue weighted by atomic mass is 32.2. The van der Waals surface area contributed by atoms with Crippen LogP contribution in [0, 0.1) is 6.92 Å². The molecule has 2 rings (SSSR count). The fourth-order valence-electron chi connectivity index (χ4n) is 2.53. The quantitative estimate of drug-likeness (QED) is 0.699. The first-order valence-electron chi connectivity index (χ1n) is 9.05. The maximum absolute atomic E-state index is 12.9. The smallest absolute Gasteiger partial charge is 0.338 e. The number of aryl methyl sites for hydroxylation is 1. The number of anilines is 1. The summed E-state index contributed by atoms with van der Waals surface area (Å²) in [5, 5.41) is 0. The Morgan fingerprint density at radius 2 is 1.66 bits per heavy atom. The number of carbonyl (C=O) groups excluding carboxylic acids is 2. The molecule has 29 heavy (non-hydrogen) atoms. The van der Waals surface area contributed by atoms with E-state index in [2.05, 4.69) is 4.72 Å². The van der Waals surface area contributed by atoms with Gasteiger partial charge in [0.25, 0.3) is 15.9 Å². The second kappa shape index (κ2) is 8.24. The Morgan fingerprint density at radius 1 is 1.07 bits per heavy atom. The van der Waals surface area contributed by atoms with E-state index in [1.165, 1.54) is 31.2 Å². The predicted molar refractivity (Wildman–Crippen MR) is 111 cm³/mol. The minimum absolute atomic E-state index is 0.173. The third-order valence-electron chi connectivity index (χ3n) is 4.40. The van der Waals surface area contributed by atoms with E-state index in [1.54, 1.807) is 19.1 Å². The summed E-state index contributed by atoms with van der Waals surface area (Å²) >= 11 is 0. The minimum Gasteiger partial charge on any atom is -0.449 e. The Hall–Kier alpha value is -2.87. The maximum atomic E-state index is 12.9. The molecular weight excluding hydrogens is 392 g/mol. The average Bonchev–Trinajstić information content (AvgIpc) is 2.61. The van der Waals surface area contributed by atoms with Crippen LogP contribution in [0.4, 0.5) is 5.69 Å². The zero-order valence-corrected chi connectivity index (χ0v) is 18.0. The number of esters is 1. The molecule has 0 spiro atoms. The zero-order chi connectivity index (χ0) is 22.0. The molecule has 7 nitrogen and oxygen atoms in total. The van der Waals surface area contributed by atoms with Gasteiger partial charge in [0.05, 0.1) is 10.5 Å². The maximum Gasteiger partial charge on any atom is 0.338 e. The van der Waals surface area contributed by atoms with E-state index in [1.807, 2.05) is 26.8 Å². The van der Waals surface area contributed by atoms with Gasteiger partial charge in [-0.2, -0.15) is 0 Å². The molecule has 1 unspecified atom stereocenters. The van der Waals surface area contributed by atoms with Gasteiger partial charge in [-0.3, -0.25) is 9.52 Å². The van der Waals surface area contributed by atoms with E-state index < -0.39 is 28.0 Å². The molecule has 2 aromatic carbocycles. The summed E-state index contributed by atoms with van der Waals surface area (Å²) in [5.41, 5.74) is 6.88. The Bertz CT molecular complexity index is 1020. The van der Waals surface area contributed by atoms with E-state index in [9.17, 15) is 18.0 Å². The zero-order valence-electron chi connectivity index (χ0n) is 17.1. The summed E-state index contributed by atoms with van der Waals surface area (Å²) in [6.07, 6.45) is -1.06. The predicted octanol–water partition coefficient (Wildman–Crippen LogP) is 3.12. The van der Waals surface area contributed by atoms with Crippen LogP contribution in [0.1, 0.15) is 49.2 Å². The molecule has 0 bridgehead atoms. The molecule has 1 amide bonds. The van der Waals surface area contributed by atoms with Crippen LogP contribution in [0.3, 0.4) is 0 Å². The first-order valence-corrected chi connectivity index (χ1v) is 10.5. The van der Waals surface area contributed by atoms with E-state index in [0.717, 1.165) is 5.56 Å². The number of benzene rings is 2. The summed E-state index contributed by atoms with van der Waals surface area (Å²) in [6, 6.07) is 11.1. The summed E-state index contributed by atoms with van der Waals surface area (Å²) < 4.78 is 33.2. The van der Waals surface area contributed by atoms with E-state index >= 15 is 0 Å². The van der Waals surface area contributed by atoms with Crippen LogP contribution in [0.25, 0.3) is 0 Å². The van der Waals surface area contributed by atoms with Crippen molar-refractivity contribution in [2.45, 2.75) is 51.0 Å². The van der Waals surface area contributed by atoms with Gasteiger partial charge in [-0.1, -0.05) is 32.9 Å². The Morgan fingerprint density at radius 3 is 2.17 bits per heavy atom. The number of carbonyl (C=O) groups is 2. The van der Waals surface area contributed by atoms with Crippen LogP contribution in [0.5, 0.6) is 0 Å². The number of ether oxygens (including phenoxy) is 1. The highest BCUT2D eigenvalue weighted by molar-refractivity contribution is 7.92. The van der Waals surface area contributed by atoms with Gasteiger partial charge >= 0.3 is 5.97 Å². The van der Waals surface area contributed by atoms with Crippen molar-refractivity contribution in [1.29, 1.82) is 0 Å². The van der Waals surface area contributed by atoms with Gasteiger partial charge in [-0.05, 0) is 60.7 Å². The van der Waals surface area contributed by atoms with Crippen molar-refractivity contribution >= 4 is 27.6 Å². The van der Waals surface area contributed by atoms with E-state index in [4.69, 9.17) is 10.5 Å². The number of primary amides is 1. The van der Waals surface area contributed by atoms with Gasteiger partial charge in [0.2, 0.25) is 0 Å². The van der Waals surface area contributed by atoms with Crippen molar-refractivity contribution < 1.29 is 22.7 Å². The van der Waals surface area contributed by atoms with Crippen LogP contribution in [0.15, 0.2) is 47.4 Å². The Kier molecular flexibility index (Phi) is 6.37. The number of sulfonamides is 1. The molecule has 8 heteroatoms. The molecule has 0 heterocycles. The van der Waals surface area contributed by atoms with Crippen LogP contribution in [-0.4, -0.2) is 26.4 Å². The third kappa shape index (κ3) is 5.57. The van der Waals surface area contributed by atoms with Gasteiger partial charge in [0, 0.05) is 5.69 Å². The molecule has 0 aromatic heterocycles. The van der Waals surface area contributed by atoms with Gasteiger partial charge in [0.1, 0.15) is 0 Å². The molecule has 0 aliphatic carbocycles. The van der Waals surface area contributed by atoms with Crippen molar-refractivity contribution in [2.24, 2.45) is 5.73 Å². The summed E-state index contributed by atoms with van der Waals surface area (Å²) in [5.74, 6) is -1.48. The molecular formula is C21H26N2O5S. The molecule has 156 valence electrons. The Labute approximate surface area is 171 Å².